The lowest BCUT2D eigenvalue weighted by molar-refractivity contribution is -0.116. The van der Waals surface area contributed by atoms with Gasteiger partial charge in [-0.15, -0.1) is 5.10 Å². The van der Waals surface area contributed by atoms with Crippen LogP contribution in [0.1, 0.15) is 19.4 Å². The number of amides is 1. The molecule has 3 rings (SSSR count). The lowest BCUT2D eigenvalue weighted by Gasteiger charge is -2.35. The number of carbonyl (C=O) groups is 1. The minimum absolute atomic E-state index is 0.0357. The molecule has 1 aromatic carbocycles. The molecule has 1 aromatic rings. The fourth-order valence-electron chi connectivity index (χ4n) is 2.94. The Balaban J connectivity index is 1.42. The second kappa shape index (κ2) is 9.16. The molecular formula is C18H24N4O3S. The largest absolute Gasteiger partial charge is 0.492 e. The van der Waals surface area contributed by atoms with E-state index >= 15 is 0 Å². The molecule has 2 aliphatic heterocycles. The van der Waals surface area contributed by atoms with Gasteiger partial charge >= 0.3 is 0 Å². The molecule has 0 bridgehead atoms. The lowest BCUT2D eigenvalue weighted by atomic mass is 10.2. The molecule has 2 atom stereocenters. The maximum Gasteiger partial charge on any atom is 0.236 e. The Morgan fingerprint density at radius 1 is 1.31 bits per heavy atom. The zero-order valence-electron chi connectivity index (χ0n) is 15.1. The highest BCUT2D eigenvalue weighted by Crippen LogP contribution is 2.13. The van der Waals surface area contributed by atoms with E-state index in [0.717, 1.165) is 30.9 Å². The number of nitrogens with zero attached hydrogens (tertiary/aromatic N) is 3. The number of amidine groups is 1. The summed E-state index contributed by atoms with van der Waals surface area (Å²) in [7, 11) is 0. The Bertz CT molecular complexity index is 668. The molecule has 0 radical (unpaired) electrons. The van der Waals surface area contributed by atoms with Crippen molar-refractivity contribution in [3.8, 4) is 5.75 Å². The van der Waals surface area contributed by atoms with E-state index in [0.29, 0.717) is 17.5 Å². The maximum absolute atomic E-state index is 11.1. The van der Waals surface area contributed by atoms with E-state index in [9.17, 15) is 4.79 Å². The summed E-state index contributed by atoms with van der Waals surface area (Å²) in [4.78, 5) is 13.4. The van der Waals surface area contributed by atoms with Gasteiger partial charge in [-0.1, -0.05) is 11.8 Å². The first-order valence-corrected chi connectivity index (χ1v) is 9.71. The summed E-state index contributed by atoms with van der Waals surface area (Å²) in [6, 6.07) is 7.70. The van der Waals surface area contributed by atoms with Gasteiger partial charge in [0.25, 0.3) is 0 Å². The third kappa shape index (κ3) is 5.82. The van der Waals surface area contributed by atoms with Crippen LogP contribution in [0.2, 0.25) is 0 Å². The molecule has 7 nitrogen and oxygen atoms in total. The number of rotatable bonds is 6. The summed E-state index contributed by atoms with van der Waals surface area (Å²) in [5.74, 6) is 1.20. The highest BCUT2D eigenvalue weighted by Gasteiger charge is 2.21. The number of carbonyl (C=O) groups excluding carboxylic acids is 1. The predicted octanol–water partition coefficient (Wildman–Crippen LogP) is 1.73. The summed E-state index contributed by atoms with van der Waals surface area (Å²) in [6.07, 6.45) is 2.20. The fraction of sp³-hybridized carbons (Fsp3) is 0.500. The highest BCUT2D eigenvalue weighted by atomic mass is 32.2. The molecule has 1 amide bonds. The molecule has 2 fully saturated rings. The molecule has 2 heterocycles. The van der Waals surface area contributed by atoms with Gasteiger partial charge in [0.2, 0.25) is 5.91 Å². The van der Waals surface area contributed by atoms with Crippen molar-refractivity contribution in [1.82, 2.24) is 10.2 Å². The number of thioether (sulfide) groups is 1. The van der Waals surface area contributed by atoms with Gasteiger partial charge in [-0.2, -0.15) is 5.10 Å². The van der Waals surface area contributed by atoms with Crippen LogP contribution in [0.5, 0.6) is 5.75 Å². The Labute approximate surface area is 157 Å². The van der Waals surface area contributed by atoms with Crippen molar-refractivity contribution in [2.75, 3.05) is 32.0 Å². The molecule has 0 aromatic heterocycles. The van der Waals surface area contributed by atoms with Crippen LogP contribution in [-0.4, -0.2) is 66.4 Å². The van der Waals surface area contributed by atoms with Crippen LogP contribution in [0.25, 0.3) is 0 Å². The normalized spacial score (nSPS) is 25.8. The van der Waals surface area contributed by atoms with Crippen molar-refractivity contribution in [2.24, 2.45) is 10.2 Å². The van der Waals surface area contributed by atoms with Crippen LogP contribution >= 0.6 is 11.8 Å². The molecule has 26 heavy (non-hydrogen) atoms. The van der Waals surface area contributed by atoms with Crippen molar-refractivity contribution in [1.29, 1.82) is 0 Å². The Kier molecular flexibility index (Phi) is 6.65. The maximum atomic E-state index is 11.1. The Morgan fingerprint density at radius 3 is 2.69 bits per heavy atom. The fourth-order valence-corrected chi connectivity index (χ4v) is 3.57. The topological polar surface area (TPSA) is 75.5 Å². The quantitative estimate of drug-likeness (QED) is 0.604. The standard InChI is InChI=1S/C18H24N4O3S/c1-13-10-22(11-14(2)25-13)7-8-24-16-5-3-15(4-6-16)9-19-21-18-20-17(23)12-26-18/h3-6,9,13-14H,7-8,10-12H2,1-2H3,(H,20,21,23). The summed E-state index contributed by atoms with van der Waals surface area (Å²) >= 11 is 1.35. The molecule has 2 aliphatic rings. The highest BCUT2D eigenvalue weighted by molar-refractivity contribution is 8.15. The van der Waals surface area contributed by atoms with Gasteiger partial charge in [-0.25, -0.2) is 0 Å². The second-order valence-corrected chi connectivity index (χ2v) is 7.39. The van der Waals surface area contributed by atoms with Crippen molar-refractivity contribution in [3.63, 3.8) is 0 Å². The van der Waals surface area contributed by atoms with Gasteiger partial charge in [0.05, 0.1) is 24.2 Å². The third-order valence-electron chi connectivity index (χ3n) is 3.99. The molecule has 0 saturated carbocycles. The van der Waals surface area contributed by atoms with E-state index in [1.807, 2.05) is 24.3 Å². The Morgan fingerprint density at radius 2 is 2.04 bits per heavy atom. The molecule has 0 spiro atoms. The van der Waals surface area contributed by atoms with Gasteiger partial charge in [0.1, 0.15) is 12.4 Å². The Hall–Kier alpha value is -1.90. The van der Waals surface area contributed by atoms with E-state index in [1.54, 1.807) is 6.21 Å². The van der Waals surface area contributed by atoms with E-state index in [4.69, 9.17) is 9.47 Å². The van der Waals surface area contributed by atoms with E-state index in [-0.39, 0.29) is 18.1 Å². The van der Waals surface area contributed by atoms with Crippen molar-refractivity contribution < 1.29 is 14.3 Å². The number of ether oxygens (including phenoxy) is 2. The van der Waals surface area contributed by atoms with Crippen LogP contribution in [0.15, 0.2) is 34.5 Å². The van der Waals surface area contributed by atoms with Gasteiger partial charge in [-0.05, 0) is 43.7 Å². The van der Waals surface area contributed by atoms with Crippen LogP contribution in [0.3, 0.4) is 0 Å². The minimum Gasteiger partial charge on any atom is -0.492 e. The number of benzene rings is 1. The van der Waals surface area contributed by atoms with Gasteiger partial charge < -0.3 is 14.8 Å². The zero-order valence-corrected chi connectivity index (χ0v) is 15.9. The van der Waals surface area contributed by atoms with Crippen molar-refractivity contribution >= 4 is 29.1 Å². The molecule has 8 heteroatoms. The third-order valence-corrected chi connectivity index (χ3v) is 4.86. The monoisotopic (exact) mass is 376 g/mol. The van der Waals surface area contributed by atoms with Gasteiger partial charge in [-0.3, -0.25) is 9.69 Å². The van der Waals surface area contributed by atoms with Crippen molar-refractivity contribution in [3.05, 3.63) is 29.8 Å². The number of morpholine rings is 1. The average molecular weight is 376 g/mol. The molecular weight excluding hydrogens is 352 g/mol. The van der Waals surface area contributed by atoms with Gasteiger partial charge in [0, 0.05) is 19.6 Å². The van der Waals surface area contributed by atoms with Crippen molar-refractivity contribution in [2.45, 2.75) is 26.1 Å². The zero-order chi connectivity index (χ0) is 18.4. The first-order valence-electron chi connectivity index (χ1n) is 8.73. The summed E-state index contributed by atoms with van der Waals surface area (Å²) < 4.78 is 11.6. The summed E-state index contributed by atoms with van der Waals surface area (Å²) in [5.41, 5.74) is 0.923. The van der Waals surface area contributed by atoms with Crippen LogP contribution in [0, 0.1) is 0 Å². The molecule has 0 aliphatic carbocycles. The van der Waals surface area contributed by atoms with E-state index < -0.39 is 0 Å². The van der Waals surface area contributed by atoms with E-state index in [1.165, 1.54) is 11.8 Å². The molecule has 1 N–H and O–H groups in total. The number of nitrogens with one attached hydrogen (secondary N) is 1. The molecule has 2 unspecified atom stereocenters. The lowest BCUT2D eigenvalue weighted by Crippen LogP contribution is -2.46. The van der Waals surface area contributed by atoms with Crippen LogP contribution in [-0.2, 0) is 9.53 Å². The number of hydrogen-bond acceptors (Lipinski definition) is 7. The second-order valence-electron chi connectivity index (χ2n) is 6.42. The first-order chi connectivity index (χ1) is 12.6. The summed E-state index contributed by atoms with van der Waals surface area (Å²) in [6.45, 7) is 7.65. The van der Waals surface area contributed by atoms with Crippen LogP contribution in [0.4, 0.5) is 0 Å². The molecule has 140 valence electrons. The number of hydrogen-bond donors (Lipinski definition) is 1. The average Bonchev–Trinajstić information content (AvgIpc) is 3.01. The molecule has 2 saturated heterocycles. The summed E-state index contributed by atoms with van der Waals surface area (Å²) in [5, 5.41) is 11.1. The van der Waals surface area contributed by atoms with Gasteiger partial charge in [0.15, 0.2) is 5.17 Å². The first kappa shape index (κ1) is 18.9. The van der Waals surface area contributed by atoms with Crippen LogP contribution < -0.4 is 10.1 Å². The minimum atomic E-state index is -0.0357. The predicted molar refractivity (Wildman–Crippen MR) is 104 cm³/mol. The van der Waals surface area contributed by atoms with E-state index in [2.05, 4.69) is 34.3 Å². The SMILES string of the molecule is CC1CN(CCOc2ccc(C=NN=C3NC(=O)CS3)cc2)CC(C)O1. The smallest absolute Gasteiger partial charge is 0.236 e.